The molecule has 10 nitrogen and oxygen atoms in total. The minimum atomic E-state index is -1.18. The Bertz CT molecular complexity index is 319. The Hall–Kier alpha value is -1.68. The Balaban J connectivity index is 4.52. The van der Waals surface area contributed by atoms with E-state index in [1.807, 2.05) is 0 Å². The van der Waals surface area contributed by atoms with Gasteiger partial charge in [-0.25, -0.2) is 9.59 Å². The van der Waals surface area contributed by atoms with Crippen molar-refractivity contribution in [3.8, 4) is 0 Å². The summed E-state index contributed by atoms with van der Waals surface area (Å²) >= 11 is 10.6. The molecule has 0 unspecified atom stereocenters. The fourth-order valence-corrected chi connectivity index (χ4v) is 1.01. The number of rotatable bonds is 6. The van der Waals surface area contributed by atoms with Crippen molar-refractivity contribution in [1.82, 2.24) is 10.0 Å². The summed E-state index contributed by atoms with van der Waals surface area (Å²) in [5, 5.41) is 11.2. The minimum Gasteiger partial charge on any atom is -0.242 e. The van der Waals surface area contributed by atoms with Crippen molar-refractivity contribution in [3.63, 3.8) is 0 Å². The Morgan fingerprint density at radius 2 is 1.17 bits per heavy atom. The van der Waals surface area contributed by atoms with Gasteiger partial charge in [-0.3, -0.25) is 0 Å². The smallest absolute Gasteiger partial charge is 0.242 e. The predicted molar refractivity (Wildman–Crippen MR) is 62.1 cm³/mol. The van der Waals surface area contributed by atoms with Crippen LogP contribution in [0.1, 0.15) is 0 Å². The van der Waals surface area contributed by atoms with Crippen molar-refractivity contribution in [3.05, 3.63) is 9.81 Å². The van der Waals surface area contributed by atoms with Crippen molar-refractivity contribution in [2.24, 2.45) is 20.8 Å². The van der Waals surface area contributed by atoms with E-state index in [0.29, 0.717) is 10.0 Å². The molecule has 0 aliphatic carbocycles. The third-order valence-electron chi connectivity index (χ3n) is 1.45. The third kappa shape index (κ3) is 5.59. The summed E-state index contributed by atoms with van der Waals surface area (Å²) in [6, 6.07) is -2.37. The fraction of sp³-hybridized carbons (Fsp3) is 0.667. The number of nitrogens with zero attached hydrogens (tertiary/aromatic N) is 6. The van der Waals surface area contributed by atoms with Gasteiger partial charge < -0.3 is 0 Å². The lowest BCUT2D eigenvalue weighted by Gasteiger charge is -2.07. The molecule has 0 bridgehead atoms. The van der Waals surface area contributed by atoms with E-state index in [2.05, 4.69) is 20.8 Å². The Morgan fingerprint density at radius 3 is 1.39 bits per heavy atom. The van der Waals surface area contributed by atoms with Gasteiger partial charge in [0.1, 0.15) is 0 Å². The number of urea groups is 2. The molecule has 0 aliphatic heterocycles. The molecule has 12 heteroatoms. The SMILES string of the molecule is O=NN(CCCl)C(=O)/N=N/C(=O)N(CCCl)N=O. The number of halogens is 2. The van der Waals surface area contributed by atoms with E-state index in [1.54, 1.807) is 0 Å². The summed E-state index contributed by atoms with van der Waals surface area (Å²) < 4.78 is 0. The Labute approximate surface area is 111 Å². The van der Waals surface area contributed by atoms with Gasteiger partial charge in [0, 0.05) is 11.8 Å². The van der Waals surface area contributed by atoms with Crippen LogP contribution in [0.4, 0.5) is 9.59 Å². The number of alkyl halides is 2. The predicted octanol–water partition coefficient (Wildman–Crippen LogP) is 2.12. The average Bonchev–Trinajstić information content (AvgIpc) is 2.38. The molecule has 0 aliphatic rings. The van der Waals surface area contributed by atoms with Gasteiger partial charge in [0.25, 0.3) is 0 Å². The van der Waals surface area contributed by atoms with Gasteiger partial charge in [-0.1, -0.05) is 10.2 Å². The zero-order chi connectivity index (χ0) is 14.0. The van der Waals surface area contributed by atoms with Crippen molar-refractivity contribution in [2.75, 3.05) is 24.8 Å². The van der Waals surface area contributed by atoms with Crippen molar-refractivity contribution in [2.45, 2.75) is 0 Å². The highest BCUT2D eigenvalue weighted by atomic mass is 35.5. The van der Waals surface area contributed by atoms with Crippen LogP contribution in [0.2, 0.25) is 0 Å². The molecule has 0 aromatic rings. The second-order valence-corrected chi connectivity index (χ2v) is 3.31. The normalized spacial score (nSPS) is 10.1. The quantitative estimate of drug-likeness (QED) is 0.322. The van der Waals surface area contributed by atoms with E-state index in [-0.39, 0.29) is 24.8 Å². The van der Waals surface area contributed by atoms with Crippen molar-refractivity contribution < 1.29 is 9.59 Å². The summed E-state index contributed by atoms with van der Waals surface area (Å²) in [6.07, 6.45) is 0. The second-order valence-electron chi connectivity index (χ2n) is 2.55. The van der Waals surface area contributed by atoms with E-state index in [4.69, 9.17) is 23.2 Å². The zero-order valence-electron chi connectivity index (χ0n) is 8.90. The Morgan fingerprint density at radius 1 is 0.833 bits per heavy atom. The first-order chi connectivity index (χ1) is 8.60. The van der Waals surface area contributed by atoms with E-state index in [0.717, 1.165) is 0 Å². The molecule has 0 heterocycles. The van der Waals surface area contributed by atoms with Gasteiger partial charge >= 0.3 is 12.1 Å². The first kappa shape index (κ1) is 16.3. The minimum absolute atomic E-state index is 0.0464. The molecule has 0 spiro atoms. The number of hydrogen-bond acceptors (Lipinski definition) is 6. The van der Waals surface area contributed by atoms with Crippen LogP contribution in [-0.2, 0) is 0 Å². The fourth-order valence-electron chi connectivity index (χ4n) is 0.692. The molecule has 0 aromatic heterocycles. The van der Waals surface area contributed by atoms with Crippen LogP contribution >= 0.6 is 23.2 Å². The lowest BCUT2D eigenvalue weighted by Crippen LogP contribution is -2.26. The molecule has 0 saturated carbocycles. The summed E-state index contributed by atoms with van der Waals surface area (Å²) in [7, 11) is 0. The third-order valence-corrected chi connectivity index (χ3v) is 1.79. The molecule has 100 valence electrons. The van der Waals surface area contributed by atoms with Gasteiger partial charge in [0.2, 0.25) is 0 Å². The highest BCUT2D eigenvalue weighted by molar-refractivity contribution is 6.18. The zero-order valence-corrected chi connectivity index (χ0v) is 10.4. The topological polar surface area (TPSA) is 124 Å². The summed E-state index contributed by atoms with van der Waals surface area (Å²) in [5.41, 5.74) is 0. The summed E-state index contributed by atoms with van der Waals surface area (Å²) in [4.78, 5) is 42.7. The number of azo groups is 1. The molecular weight excluding hydrogens is 291 g/mol. The van der Waals surface area contributed by atoms with Gasteiger partial charge in [0.05, 0.1) is 23.7 Å². The van der Waals surface area contributed by atoms with Crippen LogP contribution in [0.15, 0.2) is 20.8 Å². The number of hydrogen-bond donors (Lipinski definition) is 0. The molecule has 0 radical (unpaired) electrons. The van der Waals surface area contributed by atoms with E-state index >= 15 is 0 Å². The number of carbonyl (C=O) groups excluding carboxylic acids is 2. The molecule has 0 rings (SSSR count). The van der Waals surface area contributed by atoms with Crippen LogP contribution in [-0.4, -0.2) is 46.9 Å². The molecular formula is C6H8Cl2N6O4. The van der Waals surface area contributed by atoms with Crippen LogP contribution in [0.5, 0.6) is 0 Å². The van der Waals surface area contributed by atoms with Crippen LogP contribution in [0.25, 0.3) is 0 Å². The number of carbonyl (C=O) groups is 2. The van der Waals surface area contributed by atoms with Gasteiger partial charge in [-0.2, -0.15) is 10.0 Å². The van der Waals surface area contributed by atoms with Crippen LogP contribution in [0.3, 0.4) is 0 Å². The van der Waals surface area contributed by atoms with Crippen LogP contribution in [0, 0.1) is 9.81 Å². The largest absolute Gasteiger partial charge is 0.385 e. The first-order valence-corrected chi connectivity index (χ1v) is 5.50. The highest BCUT2D eigenvalue weighted by Crippen LogP contribution is 2.00. The summed E-state index contributed by atoms with van der Waals surface area (Å²) in [6.45, 7) is -0.372. The standard InChI is InChI=1S/C6H8Cl2N6O4/c7-1-3-13(11-17)5(15)9-10-6(16)14(12-18)4-2-8/h1-4H2/b10-9+. The molecule has 0 N–H and O–H groups in total. The van der Waals surface area contributed by atoms with Gasteiger partial charge in [0.15, 0.2) is 0 Å². The van der Waals surface area contributed by atoms with Crippen molar-refractivity contribution >= 4 is 35.3 Å². The Kier molecular flexibility index (Phi) is 8.49. The molecule has 0 atom stereocenters. The molecule has 18 heavy (non-hydrogen) atoms. The summed E-state index contributed by atoms with van der Waals surface area (Å²) in [5.74, 6) is -0.0928. The number of nitroso groups, excluding NO2 is 2. The maximum absolute atomic E-state index is 11.1. The number of amides is 4. The van der Waals surface area contributed by atoms with Gasteiger partial charge in [-0.05, 0) is 0 Å². The van der Waals surface area contributed by atoms with Crippen LogP contribution < -0.4 is 0 Å². The second kappa shape index (κ2) is 9.36. The highest BCUT2D eigenvalue weighted by Gasteiger charge is 2.16. The monoisotopic (exact) mass is 298 g/mol. The maximum atomic E-state index is 11.1. The van der Waals surface area contributed by atoms with Gasteiger partial charge in [-0.15, -0.1) is 33.0 Å². The molecule has 0 aromatic carbocycles. The first-order valence-electron chi connectivity index (χ1n) is 4.43. The average molecular weight is 299 g/mol. The molecule has 4 amide bonds. The van der Waals surface area contributed by atoms with E-state index < -0.39 is 12.1 Å². The lowest BCUT2D eigenvalue weighted by molar-refractivity contribution is 0.202. The molecule has 0 fully saturated rings. The van der Waals surface area contributed by atoms with E-state index in [1.165, 1.54) is 0 Å². The van der Waals surface area contributed by atoms with Crippen molar-refractivity contribution in [1.29, 1.82) is 0 Å². The maximum Gasteiger partial charge on any atom is 0.385 e. The lowest BCUT2D eigenvalue weighted by atomic mass is 10.7. The van der Waals surface area contributed by atoms with E-state index in [9.17, 15) is 19.4 Å². The molecule has 0 saturated heterocycles.